The summed E-state index contributed by atoms with van der Waals surface area (Å²) in [6.45, 7) is 4.64. The van der Waals surface area contributed by atoms with Gasteiger partial charge in [0.25, 0.3) is 0 Å². The molecule has 0 saturated carbocycles. The molecule has 1 aliphatic carbocycles. The van der Waals surface area contributed by atoms with E-state index in [1.807, 2.05) is 44.2 Å². The van der Waals surface area contributed by atoms with Gasteiger partial charge < -0.3 is 14.8 Å². The van der Waals surface area contributed by atoms with Gasteiger partial charge >= 0.3 is 5.97 Å². The number of carbonyl (C=O) groups excluding carboxylic acids is 2. The number of hydrogen-bond acceptors (Lipinski definition) is 5. The van der Waals surface area contributed by atoms with Gasteiger partial charge in [0, 0.05) is 35.9 Å². The van der Waals surface area contributed by atoms with Gasteiger partial charge in [-0.1, -0.05) is 42.5 Å². The molecule has 2 aromatic rings. The van der Waals surface area contributed by atoms with Crippen LogP contribution in [0.15, 0.2) is 77.1 Å². The lowest BCUT2D eigenvalue weighted by Gasteiger charge is -2.36. The number of hydrogen-bond donors (Lipinski definition) is 1. The molecule has 0 saturated heterocycles. The van der Waals surface area contributed by atoms with E-state index in [0.717, 1.165) is 11.3 Å². The maximum absolute atomic E-state index is 13.7. The minimum atomic E-state index is -0.606. The van der Waals surface area contributed by atoms with Crippen molar-refractivity contribution in [1.29, 1.82) is 0 Å². The van der Waals surface area contributed by atoms with Crippen LogP contribution < -0.4 is 5.32 Å². The van der Waals surface area contributed by atoms with E-state index in [1.165, 1.54) is 12.1 Å². The first kappa shape index (κ1) is 22.9. The third-order valence-electron chi connectivity index (χ3n) is 6.19. The van der Waals surface area contributed by atoms with Crippen LogP contribution in [0.2, 0.25) is 0 Å². The largest absolute Gasteiger partial charge is 0.460 e. The van der Waals surface area contributed by atoms with Crippen molar-refractivity contribution in [2.75, 3.05) is 19.8 Å². The summed E-state index contributed by atoms with van der Waals surface area (Å²) in [4.78, 5) is 26.6. The molecule has 2 aliphatic rings. The maximum atomic E-state index is 13.7. The highest BCUT2D eigenvalue weighted by Crippen LogP contribution is 2.45. The van der Waals surface area contributed by atoms with E-state index in [-0.39, 0.29) is 24.1 Å². The fourth-order valence-corrected chi connectivity index (χ4v) is 4.67. The number of dihydropyridines is 1. The molecular weight excluding hydrogens is 421 g/mol. The number of ether oxygens (including phenoxy) is 2. The van der Waals surface area contributed by atoms with Crippen LogP contribution in [-0.2, 0) is 19.1 Å². The Kier molecular flexibility index (Phi) is 7.04. The van der Waals surface area contributed by atoms with E-state index in [9.17, 15) is 14.0 Å². The lowest BCUT2D eigenvalue weighted by Crippen LogP contribution is -2.36. The first-order valence-electron chi connectivity index (χ1n) is 11.3. The minimum absolute atomic E-state index is 0.0148. The van der Waals surface area contributed by atoms with Crippen LogP contribution >= 0.6 is 0 Å². The van der Waals surface area contributed by atoms with Crippen molar-refractivity contribution in [2.24, 2.45) is 0 Å². The molecule has 1 N–H and O–H groups in total. The number of nitrogens with one attached hydrogen (secondary N) is 1. The highest BCUT2D eigenvalue weighted by molar-refractivity contribution is 6.04. The molecular formula is C27H28FNO4. The molecule has 4 rings (SSSR count). The lowest BCUT2D eigenvalue weighted by molar-refractivity contribution is -0.140. The molecule has 5 nitrogen and oxygen atoms in total. The van der Waals surface area contributed by atoms with E-state index in [2.05, 4.69) is 5.32 Å². The van der Waals surface area contributed by atoms with Gasteiger partial charge in [-0.3, -0.25) is 4.79 Å². The van der Waals surface area contributed by atoms with Gasteiger partial charge in [0.15, 0.2) is 5.78 Å². The summed E-state index contributed by atoms with van der Waals surface area (Å²) in [7, 11) is 0. The van der Waals surface area contributed by atoms with Crippen LogP contribution in [0.25, 0.3) is 0 Å². The van der Waals surface area contributed by atoms with Crippen molar-refractivity contribution in [3.63, 3.8) is 0 Å². The molecule has 0 fully saturated rings. The Morgan fingerprint density at radius 3 is 2.45 bits per heavy atom. The van der Waals surface area contributed by atoms with Crippen molar-refractivity contribution in [3.05, 3.63) is 94.1 Å². The zero-order valence-electron chi connectivity index (χ0n) is 18.9. The zero-order chi connectivity index (χ0) is 23.4. The van der Waals surface area contributed by atoms with Gasteiger partial charge in [-0.2, -0.15) is 0 Å². The molecule has 6 heteroatoms. The van der Waals surface area contributed by atoms with Crippen LogP contribution in [0.5, 0.6) is 0 Å². The zero-order valence-corrected chi connectivity index (χ0v) is 18.9. The van der Waals surface area contributed by atoms with E-state index < -0.39 is 11.9 Å². The van der Waals surface area contributed by atoms with Gasteiger partial charge in [0.1, 0.15) is 12.4 Å². The average Bonchev–Trinajstić information content (AvgIpc) is 2.82. The summed E-state index contributed by atoms with van der Waals surface area (Å²) < 4.78 is 24.4. The maximum Gasteiger partial charge on any atom is 0.336 e. The van der Waals surface area contributed by atoms with Crippen molar-refractivity contribution in [1.82, 2.24) is 5.32 Å². The molecule has 33 heavy (non-hydrogen) atoms. The summed E-state index contributed by atoms with van der Waals surface area (Å²) in [5.74, 6) is -1.43. The predicted octanol–water partition coefficient (Wildman–Crippen LogP) is 4.77. The smallest absolute Gasteiger partial charge is 0.336 e. The topological polar surface area (TPSA) is 64.6 Å². The molecule has 0 bridgehead atoms. The summed E-state index contributed by atoms with van der Waals surface area (Å²) in [5.41, 5.74) is 4.21. The standard InChI is InChI=1S/C27H28FNO4/c1-3-32-13-14-33-27(31)24-17(2)29-22-15-20(18-7-5-4-6-8-18)16-23(30)26(22)25(24)19-9-11-21(28)12-10-19/h4-12,20,25,29H,3,13-16H2,1-2H3. The number of benzene rings is 2. The fraction of sp³-hybridized carbons (Fsp3) is 0.333. The van der Waals surface area contributed by atoms with Gasteiger partial charge in [-0.25, -0.2) is 9.18 Å². The Morgan fingerprint density at radius 1 is 1.03 bits per heavy atom. The molecule has 1 aliphatic heterocycles. The van der Waals surface area contributed by atoms with Crippen molar-refractivity contribution in [3.8, 4) is 0 Å². The third kappa shape index (κ3) is 4.91. The van der Waals surface area contributed by atoms with Gasteiger partial charge in [0.05, 0.1) is 12.2 Å². The second-order valence-corrected chi connectivity index (χ2v) is 8.31. The number of allylic oxidation sites excluding steroid dienone is 3. The molecule has 1 heterocycles. The normalized spacial score (nSPS) is 20.4. The second kappa shape index (κ2) is 10.1. The van der Waals surface area contributed by atoms with Crippen molar-refractivity contribution >= 4 is 11.8 Å². The highest BCUT2D eigenvalue weighted by atomic mass is 19.1. The average molecular weight is 450 g/mol. The Labute approximate surface area is 193 Å². The molecule has 2 unspecified atom stereocenters. The molecule has 0 amide bonds. The summed E-state index contributed by atoms with van der Waals surface area (Å²) in [5, 5.41) is 3.32. The highest BCUT2D eigenvalue weighted by Gasteiger charge is 2.41. The van der Waals surface area contributed by atoms with Crippen molar-refractivity contribution in [2.45, 2.75) is 38.5 Å². The van der Waals surface area contributed by atoms with Crippen LogP contribution in [0, 0.1) is 5.82 Å². The summed E-state index contributed by atoms with van der Waals surface area (Å²) in [6.07, 6.45) is 1.01. The number of esters is 1. The Morgan fingerprint density at radius 2 is 1.76 bits per heavy atom. The van der Waals surface area contributed by atoms with Gasteiger partial charge in [0.2, 0.25) is 0 Å². The summed E-state index contributed by atoms with van der Waals surface area (Å²) >= 11 is 0. The lowest BCUT2D eigenvalue weighted by atomic mass is 9.72. The quantitative estimate of drug-likeness (QED) is 0.487. The third-order valence-corrected chi connectivity index (χ3v) is 6.19. The summed E-state index contributed by atoms with van der Waals surface area (Å²) in [6, 6.07) is 15.9. The minimum Gasteiger partial charge on any atom is -0.460 e. The van der Waals surface area contributed by atoms with E-state index >= 15 is 0 Å². The van der Waals surface area contributed by atoms with Crippen molar-refractivity contribution < 1.29 is 23.5 Å². The predicted molar refractivity (Wildman–Crippen MR) is 123 cm³/mol. The second-order valence-electron chi connectivity index (χ2n) is 8.31. The number of ketones is 1. The number of carbonyl (C=O) groups is 2. The van der Waals surface area contributed by atoms with Crippen LogP contribution in [0.3, 0.4) is 0 Å². The van der Waals surface area contributed by atoms with Gasteiger partial charge in [-0.05, 0) is 49.4 Å². The molecule has 172 valence electrons. The number of rotatable bonds is 7. The first-order chi connectivity index (χ1) is 16.0. The fourth-order valence-electron chi connectivity index (χ4n) is 4.67. The van der Waals surface area contributed by atoms with Crippen LogP contribution in [-0.4, -0.2) is 31.6 Å². The van der Waals surface area contributed by atoms with Gasteiger partial charge in [-0.15, -0.1) is 0 Å². The number of Topliss-reactive ketones (excluding diaryl/α,β-unsaturated/α-hetero) is 1. The first-order valence-corrected chi connectivity index (χ1v) is 11.3. The van der Waals surface area contributed by atoms with E-state index in [4.69, 9.17) is 9.47 Å². The van der Waals surface area contributed by atoms with Crippen LogP contribution in [0.1, 0.15) is 49.7 Å². The Bertz CT molecular complexity index is 1090. The SMILES string of the molecule is CCOCCOC(=O)C1=C(C)NC2=C(C(=O)CC(c3ccccc3)C2)C1c1ccc(F)cc1. The molecule has 0 aromatic heterocycles. The molecule has 2 atom stereocenters. The Hall–Kier alpha value is -3.25. The van der Waals surface area contributed by atoms with Crippen LogP contribution in [0.4, 0.5) is 4.39 Å². The Balaban J connectivity index is 1.70. The number of halogens is 1. The monoisotopic (exact) mass is 449 g/mol. The van der Waals surface area contributed by atoms with E-state index in [1.54, 1.807) is 12.1 Å². The molecule has 0 radical (unpaired) electrons. The molecule has 0 spiro atoms. The van der Waals surface area contributed by atoms with E-state index in [0.29, 0.717) is 48.5 Å². The molecule has 2 aromatic carbocycles.